The molecule has 0 saturated heterocycles. The summed E-state index contributed by atoms with van der Waals surface area (Å²) in [4.78, 5) is 10.3. The predicted octanol–water partition coefficient (Wildman–Crippen LogP) is 1.30. The summed E-state index contributed by atoms with van der Waals surface area (Å²) in [6.45, 7) is 1.62. The van der Waals surface area contributed by atoms with E-state index in [0.29, 0.717) is 25.0 Å². The van der Waals surface area contributed by atoms with Gasteiger partial charge in [0.15, 0.2) is 0 Å². The smallest absolute Gasteiger partial charge is 0.302 e. The van der Waals surface area contributed by atoms with E-state index in [1.165, 1.54) is 13.0 Å². The van der Waals surface area contributed by atoms with Crippen molar-refractivity contribution in [1.29, 1.82) is 10.5 Å². The number of hydrogen-bond donors (Lipinski definition) is 0. The summed E-state index contributed by atoms with van der Waals surface area (Å²) in [5, 5.41) is 16.7. The Hall–Kier alpha value is -1.81. The van der Waals surface area contributed by atoms with Crippen molar-refractivity contribution in [3.8, 4) is 12.1 Å². The molecule has 0 spiro atoms. The standard InChI is InChI=1S/C9H10N2O2/c1-8(12)13-6-2-3-9(7-11)4-5-10/h4H,2-3,6H2,1H3/b9-4-. The van der Waals surface area contributed by atoms with Gasteiger partial charge < -0.3 is 4.74 Å². The van der Waals surface area contributed by atoms with Crippen LogP contribution in [0.4, 0.5) is 0 Å². The maximum absolute atomic E-state index is 10.3. The van der Waals surface area contributed by atoms with Gasteiger partial charge in [0.2, 0.25) is 0 Å². The van der Waals surface area contributed by atoms with Crippen LogP contribution < -0.4 is 0 Å². The molecule has 0 heterocycles. The van der Waals surface area contributed by atoms with E-state index in [1.54, 1.807) is 6.07 Å². The molecule has 0 bridgehead atoms. The first kappa shape index (κ1) is 11.2. The Morgan fingerprint density at radius 1 is 1.54 bits per heavy atom. The molecule has 0 rings (SSSR count). The molecule has 0 saturated carbocycles. The number of ether oxygens (including phenoxy) is 1. The highest BCUT2D eigenvalue weighted by Crippen LogP contribution is 2.03. The van der Waals surface area contributed by atoms with Gasteiger partial charge in [0, 0.05) is 18.6 Å². The van der Waals surface area contributed by atoms with Crippen LogP contribution in [0.25, 0.3) is 0 Å². The van der Waals surface area contributed by atoms with Crippen molar-refractivity contribution in [2.75, 3.05) is 6.61 Å². The first-order chi connectivity index (χ1) is 6.20. The SMILES string of the molecule is CC(=O)OCCC/C(C#N)=C/C#N. The van der Waals surface area contributed by atoms with Crippen molar-refractivity contribution in [3.05, 3.63) is 11.6 Å². The van der Waals surface area contributed by atoms with Crippen LogP contribution in [0, 0.1) is 22.7 Å². The molecule has 0 N–H and O–H groups in total. The van der Waals surface area contributed by atoms with Gasteiger partial charge in [0.1, 0.15) is 0 Å². The summed E-state index contributed by atoms with van der Waals surface area (Å²) in [6.07, 6.45) is 2.24. The monoisotopic (exact) mass is 178 g/mol. The van der Waals surface area contributed by atoms with Crippen molar-refractivity contribution >= 4 is 5.97 Å². The van der Waals surface area contributed by atoms with Crippen LogP contribution in [0.1, 0.15) is 19.8 Å². The number of esters is 1. The third-order valence-corrected chi connectivity index (χ3v) is 1.28. The fourth-order valence-corrected chi connectivity index (χ4v) is 0.717. The van der Waals surface area contributed by atoms with E-state index in [1.807, 2.05) is 6.07 Å². The van der Waals surface area contributed by atoms with Gasteiger partial charge in [0.25, 0.3) is 0 Å². The summed E-state index contributed by atoms with van der Waals surface area (Å²) in [5.41, 5.74) is 0.412. The third kappa shape index (κ3) is 6.58. The van der Waals surface area contributed by atoms with Gasteiger partial charge in [-0.05, 0) is 12.8 Å². The minimum atomic E-state index is -0.331. The summed E-state index contributed by atoms with van der Waals surface area (Å²) in [7, 11) is 0. The molecule has 0 radical (unpaired) electrons. The van der Waals surface area contributed by atoms with E-state index >= 15 is 0 Å². The highest BCUT2D eigenvalue weighted by molar-refractivity contribution is 5.65. The molecule has 0 aliphatic rings. The summed E-state index contributed by atoms with van der Waals surface area (Å²) >= 11 is 0. The van der Waals surface area contributed by atoms with E-state index in [0.717, 1.165) is 0 Å². The maximum Gasteiger partial charge on any atom is 0.302 e. The Morgan fingerprint density at radius 2 is 2.23 bits per heavy atom. The van der Waals surface area contributed by atoms with Crippen LogP contribution in [0.2, 0.25) is 0 Å². The molecular formula is C9H10N2O2. The van der Waals surface area contributed by atoms with Crippen LogP contribution >= 0.6 is 0 Å². The van der Waals surface area contributed by atoms with Crippen LogP contribution in [0.3, 0.4) is 0 Å². The molecule has 13 heavy (non-hydrogen) atoms. The Labute approximate surface area is 77.0 Å². The lowest BCUT2D eigenvalue weighted by Crippen LogP contribution is -2.00. The number of nitriles is 2. The fraction of sp³-hybridized carbons (Fsp3) is 0.444. The number of carbonyl (C=O) groups excluding carboxylic acids is 1. The molecule has 0 amide bonds. The van der Waals surface area contributed by atoms with E-state index < -0.39 is 0 Å². The molecule has 0 aromatic carbocycles. The van der Waals surface area contributed by atoms with Gasteiger partial charge in [-0.2, -0.15) is 10.5 Å². The summed E-state index contributed by atoms with van der Waals surface area (Å²) in [5.74, 6) is -0.331. The Kier molecular flexibility index (Phi) is 5.92. The second-order valence-corrected chi connectivity index (χ2v) is 2.35. The van der Waals surface area contributed by atoms with Gasteiger partial charge in [0.05, 0.1) is 18.7 Å². The van der Waals surface area contributed by atoms with Gasteiger partial charge in [-0.15, -0.1) is 0 Å². The first-order valence-corrected chi connectivity index (χ1v) is 3.83. The minimum absolute atomic E-state index is 0.291. The molecule has 0 fully saturated rings. The van der Waals surface area contributed by atoms with E-state index in [2.05, 4.69) is 4.74 Å². The Morgan fingerprint density at radius 3 is 2.69 bits per heavy atom. The fourth-order valence-electron chi connectivity index (χ4n) is 0.717. The average Bonchev–Trinajstić information content (AvgIpc) is 2.10. The molecule has 0 aromatic heterocycles. The zero-order valence-corrected chi connectivity index (χ0v) is 7.41. The van der Waals surface area contributed by atoms with Crippen molar-refractivity contribution in [2.45, 2.75) is 19.8 Å². The molecule has 0 aliphatic heterocycles. The van der Waals surface area contributed by atoms with Crippen LogP contribution in [-0.4, -0.2) is 12.6 Å². The van der Waals surface area contributed by atoms with Gasteiger partial charge in [-0.25, -0.2) is 0 Å². The van der Waals surface area contributed by atoms with E-state index in [4.69, 9.17) is 10.5 Å². The summed E-state index contributed by atoms with van der Waals surface area (Å²) in [6, 6.07) is 3.67. The lowest BCUT2D eigenvalue weighted by atomic mass is 10.1. The number of hydrogen-bond acceptors (Lipinski definition) is 4. The third-order valence-electron chi connectivity index (χ3n) is 1.28. The maximum atomic E-state index is 10.3. The van der Waals surface area contributed by atoms with Gasteiger partial charge in [-0.3, -0.25) is 4.79 Å². The zero-order valence-electron chi connectivity index (χ0n) is 7.41. The zero-order chi connectivity index (χ0) is 10.1. The first-order valence-electron chi connectivity index (χ1n) is 3.83. The highest BCUT2D eigenvalue weighted by atomic mass is 16.5. The van der Waals surface area contributed by atoms with Gasteiger partial charge >= 0.3 is 5.97 Å². The highest BCUT2D eigenvalue weighted by Gasteiger charge is 1.97. The molecular weight excluding hydrogens is 168 g/mol. The number of carbonyl (C=O) groups is 1. The molecule has 0 aliphatic carbocycles. The second-order valence-electron chi connectivity index (χ2n) is 2.35. The van der Waals surface area contributed by atoms with Crippen molar-refractivity contribution in [1.82, 2.24) is 0 Å². The van der Waals surface area contributed by atoms with Crippen molar-refractivity contribution < 1.29 is 9.53 Å². The molecule has 0 unspecified atom stereocenters. The van der Waals surface area contributed by atoms with E-state index in [9.17, 15) is 4.79 Å². The second kappa shape index (κ2) is 6.87. The molecule has 4 heteroatoms. The molecule has 68 valence electrons. The number of allylic oxidation sites excluding steroid dienone is 2. The lowest BCUT2D eigenvalue weighted by molar-refractivity contribution is -0.141. The quantitative estimate of drug-likeness (QED) is 0.369. The van der Waals surface area contributed by atoms with Crippen molar-refractivity contribution in [2.24, 2.45) is 0 Å². The summed E-state index contributed by atoms with van der Waals surface area (Å²) < 4.78 is 4.66. The number of rotatable bonds is 4. The number of nitrogens with zero attached hydrogens (tertiary/aromatic N) is 2. The minimum Gasteiger partial charge on any atom is -0.466 e. The Balaban J connectivity index is 3.65. The predicted molar refractivity (Wildman–Crippen MR) is 45.2 cm³/mol. The molecule has 0 aromatic rings. The lowest BCUT2D eigenvalue weighted by Gasteiger charge is -1.99. The Bertz CT molecular complexity index is 281. The van der Waals surface area contributed by atoms with Crippen LogP contribution in [0.15, 0.2) is 11.6 Å². The molecule has 0 atom stereocenters. The molecule has 4 nitrogen and oxygen atoms in total. The van der Waals surface area contributed by atoms with Crippen LogP contribution in [0.5, 0.6) is 0 Å². The van der Waals surface area contributed by atoms with E-state index in [-0.39, 0.29) is 5.97 Å². The van der Waals surface area contributed by atoms with Crippen LogP contribution in [-0.2, 0) is 9.53 Å². The topological polar surface area (TPSA) is 73.9 Å². The average molecular weight is 178 g/mol. The van der Waals surface area contributed by atoms with Crippen molar-refractivity contribution in [3.63, 3.8) is 0 Å². The normalized spacial score (nSPS) is 9.92. The largest absolute Gasteiger partial charge is 0.466 e. The van der Waals surface area contributed by atoms with Gasteiger partial charge in [-0.1, -0.05) is 0 Å².